The summed E-state index contributed by atoms with van der Waals surface area (Å²) in [4.78, 5) is 48.5. The molecule has 110 valence electrons. The average molecular weight is 374 g/mol. The summed E-state index contributed by atoms with van der Waals surface area (Å²) in [6.07, 6.45) is -2.81. The summed E-state index contributed by atoms with van der Waals surface area (Å²) in [5.74, 6) is -5.64. The van der Waals surface area contributed by atoms with Gasteiger partial charge in [-0.2, -0.15) is 0 Å². The van der Waals surface area contributed by atoms with Crippen LogP contribution in [0.5, 0.6) is 0 Å². The van der Waals surface area contributed by atoms with Crippen LogP contribution in [-0.4, -0.2) is 66.0 Å². The van der Waals surface area contributed by atoms with Crippen molar-refractivity contribution in [2.24, 2.45) is 0 Å². The third kappa shape index (κ3) is 15.3. The zero-order valence-corrected chi connectivity index (χ0v) is 18.0. The first-order chi connectivity index (χ1) is 7.48. The summed E-state index contributed by atoms with van der Waals surface area (Å²) >= 11 is 0. The molecule has 0 fully saturated rings. The zero-order valence-electron chi connectivity index (χ0n) is 14.1. The maximum Gasteiger partial charge on any atom is 1.00 e. The van der Waals surface area contributed by atoms with E-state index in [0.29, 0.717) is 0 Å². The van der Waals surface area contributed by atoms with Crippen LogP contribution in [0.2, 0.25) is 0 Å². The van der Waals surface area contributed by atoms with Crippen LogP contribution in [-0.2, 0) is 23.5 Å². The van der Waals surface area contributed by atoms with E-state index in [2.05, 4.69) is 4.52 Å². The molecule has 0 aromatic rings. The fraction of sp³-hybridized carbons (Fsp3) is 0.500. The summed E-state index contributed by atoms with van der Waals surface area (Å²) in [5.41, 5.74) is -3.02. The number of aliphatic carboxylic acids is 3. The fourth-order valence-corrected chi connectivity index (χ4v) is 1.70. The maximum absolute atomic E-state index is 10.8. The van der Waals surface area contributed by atoms with Gasteiger partial charge in [0, 0.05) is 0 Å². The molecule has 0 aromatic heterocycles. The molecule has 0 radical (unpaired) electrons. The Labute approximate surface area is 200 Å². The number of rotatable bonds is 7. The van der Waals surface area contributed by atoms with Gasteiger partial charge in [0.1, 0.15) is 0 Å². The molecule has 0 amide bonds. The molecule has 21 heavy (non-hydrogen) atoms. The standard InChI is InChI=1S/C6H9O10P.Al.3Na.6H/c7-3(8)1-6(5(11)12,2-4(9)10)16-17(13,14)15;;;;;;;;;;/h1-2H2,(H,7,8)(H,9,10)(H,11,12)(H2,13,14,15);;;;;;;;;;/q;;3*+1;;;;3*-1. The van der Waals surface area contributed by atoms with Gasteiger partial charge in [-0.05, 0) is 0 Å². The Balaban J connectivity index is -0.0000000610. The summed E-state index contributed by atoms with van der Waals surface area (Å²) in [6, 6.07) is 0. The summed E-state index contributed by atoms with van der Waals surface area (Å²) < 4.78 is 14.4. The molecule has 5 N–H and O–H groups in total. The van der Waals surface area contributed by atoms with Crippen molar-refractivity contribution in [3.63, 3.8) is 0 Å². The molecule has 0 heterocycles. The topological polar surface area (TPSA) is 179 Å². The second kappa shape index (κ2) is 14.4. The second-order valence-electron chi connectivity index (χ2n) is 3.02. The number of carboxylic acid groups (broad SMARTS) is 3. The first kappa shape index (κ1) is 34.4. The van der Waals surface area contributed by atoms with Crippen molar-refractivity contribution in [2.75, 3.05) is 0 Å². The number of hydrogen-bond acceptors (Lipinski definition) is 5. The van der Waals surface area contributed by atoms with E-state index in [1.807, 2.05) is 0 Å². The molecule has 0 rings (SSSR count). The zero-order chi connectivity index (χ0) is 13.9. The van der Waals surface area contributed by atoms with Gasteiger partial charge in [0.25, 0.3) is 0 Å². The Morgan fingerprint density at radius 3 is 1.38 bits per heavy atom. The molecule has 0 saturated carbocycles. The van der Waals surface area contributed by atoms with Crippen LogP contribution in [0.25, 0.3) is 0 Å². The third-order valence-corrected chi connectivity index (χ3v) is 2.14. The van der Waals surface area contributed by atoms with Crippen molar-refractivity contribution >= 4 is 43.1 Å². The predicted molar refractivity (Wildman–Crippen MR) is 61.3 cm³/mol. The number of hydrogen-bond donors (Lipinski definition) is 5. The van der Waals surface area contributed by atoms with E-state index in [-0.39, 0.29) is 110 Å². The van der Waals surface area contributed by atoms with Crippen LogP contribution in [0, 0.1) is 0 Å². The smallest absolute Gasteiger partial charge is 1.00 e. The molecule has 0 aliphatic rings. The number of carboxylic acids is 3. The van der Waals surface area contributed by atoms with Gasteiger partial charge in [0.2, 0.25) is 0 Å². The van der Waals surface area contributed by atoms with Gasteiger partial charge in [0.15, 0.2) is 23.0 Å². The van der Waals surface area contributed by atoms with Crippen LogP contribution in [0.1, 0.15) is 17.1 Å². The average Bonchev–Trinajstić information content (AvgIpc) is 1.96. The molecule has 0 atom stereocenters. The fourth-order valence-electron chi connectivity index (χ4n) is 1.03. The summed E-state index contributed by atoms with van der Waals surface area (Å²) in [7, 11) is -5.36. The first-order valence-corrected chi connectivity index (χ1v) is 5.45. The minimum Gasteiger partial charge on any atom is -1.00 e. The third-order valence-electron chi connectivity index (χ3n) is 1.56. The molecule has 0 unspecified atom stereocenters. The minimum absolute atomic E-state index is 0. The van der Waals surface area contributed by atoms with E-state index in [9.17, 15) is 18.9 Å². The molecule has 0 saturated heterocycles. The predicted octanol–water partition coefficient (Wildman–Crippen LogP) is -11.0. The number of phosphoric ester groups is 1. The quantitative estimate of drug-likeness (QED) is 0.212. The first-order valence-electron chi connectivity index (χ1n) is 3.92. The van der Waals surface area contributed by atoms with Crippen molar-refractivity contribution in [2.45, 2.75) is 18.4 Å². The Morgan fingerprint density at radius 2 is 1.24 bits per heavy atom. The Hall–Kier alpha value is 2.05. The van der Waals surface area contributed by atoms with Gasteiger partial charge >= 0.3 is 114 Å². The molecule has 0 aliphatic carbocycles. The second-order valence-corrected chi connectivity index (χ2v) is 4.19. The molecule has 0 aromatic carbocycles. The molecular weight excluding hydrogens is 359 g/mol. The van der Waals surface area contributed by atoms with Gasteiger partial charge in [-0.3, -0.25) is 14.1 Å². The number of phosphoric acid groups is 1. The van der Waals surface area contributed by atoms with Gasteiger partial charge in [-0.1, -0.05) is 0 Å². The monoisotopic (exact) mass is 374 g/mol. The summed E-state index contributed by atoms with van der Waals surface area (Å²) in [5, 5.41) is 25.5. The van der Waals surface area contributed by atoms with Crippen LogP contribution in [0.15, 0.2) is 0 Å². The molecule has 0 aliphatic heterocycles. The van der Waals surface area contributed by atoms with Crippen LogP contribution < -0.4 is 88.7 Å². The van der Waals surface area contributed by atoms with E-state index in [1.54, 1.807) is 0 Å². The van der Waals surface area contributed by atoms with Gasteiger partial charge in [-0.25, -0.2) is 9.36 Å². The molecule has 10 nitrogen and oxygen atoms in total. The largest absolute Gasteiger partial charge is 1.00 e. The van der Waals surface area contributed by atoms with Gasteiger partial charge in [-0.15, -0.1) is 0 Å². The van der Waals surface area contributed by atoms with E-state index in [0.717, 1.165) is 0 Å². The molecular formula is C6H15AlNa3O10P. The minimum atomic E-state index is -5.36. The number of carbonyl (C=O) groups is 3. The van der Waals surface area contributed by atoms with E-state index < -0.39 is 44.2 Å². The van der Waals surface area contributed by atoms with E-state index in [1.165, 1.54) is 0 Å². The van der Waals surface area contributed by atoms with Crippen molar-refractivity contribution in [1.82, 2.24) is 0 Å². The Bertz CT molecular complexity index is 395. The van der Waals surface area contributed by atoms with Crippen LogP contribution in [0.4, 0.5) is 0 Å². The Kier molecular flexibility index (Phi) is 23.6. The van der Waals surface area contributed by atoms with Crippen molar-refractivity contribution in [3.8, 4) is 0 Å². The molecule has 0 bridgehead atoms. The van der Waals surface area contributed by atoms with Crippen LogP contribution in [0.3, 0.4) is 0 Å². The Morgan fingerprint density at radius 1 is 0.952 bits per heavy atom. The van der Waals surface area contributed by atoms with E-state index >= 15 is 0 Å². The molecule has 0 spiro atoms. The normalized spacial score (nSPS) is 9.81. The van der Waals surface area contributed by atoms with E-state index in [4.69, 9.17) is 25.1 Å². The summed E-state index contributed by atoms with van der Waals surface area (Å²) in [6.45, 7) is 0. The maximum atomic E-state index is 10.8. The van der Waals surface area contributed by atoms with Crippen molar-refractivity contribution in [3.05, 3.63) is 0 Å². The van der Waals surface area contributed by atoms with Crippen molar-refractivity contribution < 1.29 is 142 Å². The SMILES string of the molecule is O=C(O)CC(CC(=O)O)(OP(=O)(O)O)C(=O)O.[AlH3].[H-].[H-].[H-].[Na+].[Na+].[Na+]. The van der Waals surface area contributed by atoms with Crippen molar-refractivity contribution in [1.29, 1.82) is 0 Å². The molecule has 15 heteroatoms. The van der Waals surface area contributed by atoms with Gasteiger partial charge < -0.3 is 29.4 Å². The van der Waals surface area contributed by atoms with Crippen LogP contribution >= 0.6 is 7.82 Å². The van der Waals surface area contributed by atoms with Gasteiger partial charge in [0.05, 0.1) is 12.8 Å².